The molecule has 0 aromatic heterocycles. The summed E-state index contributed by atoms with van der Waals surface area (Å²) < 4.78 is 5.93. The number of hydrogen-bond donors (Lipinski definition) is 1. The molecule has 0 fully saturated rings. The molecule has 0 radical (unpaired) electrons. The normalized spacial score (nSPS) is 10.8. The van der Waals surface area contributed by atoms with Crippen molar-refractivity contribution in [1.29, 1.82) is 0 Å². The van der Waals surface area contributed by atoms with E-state index in [0.717, 1.165) is 11.3 Å². The molecule has 0 saturated heterocycles. The minimum absolute atomic E-state index is 0.140. The van der Waals surface area contributed by atoms with Crippen molar-refractivity contribution < 1.29 is 9.84 Å². The fourth-order valence-corrected chi connectivity index (χ4v) is 2.18. The predicted octanol–water partition coefficient (Wildman–Crippen LogP) is 4.75. The molecular formula is C16H17ClO2. The van der Waals surface area contributed by atoms with E-state index in [1.54, 1.807) is 6.07 Å². The highest BCUT2D eigenvalue weighted by atomic mass is 35.5. The molecule has 0 spiro atoms. The molecule has 19 heavy (non-hydrogen) atoms. The number of halogens is 1. The minimum atomic E-state index is -0.140. The monoisotopic (exact) mass is 276 g/mol. The van der Waals surface area contributed by atoms with Crippen LogP contribution >= 0.6 is 11.6 Å². The lowest BCUT2D eigenvalue weighted by molar-refractivity contribution is 0.276. The number of benzene rings is 2. The third kappa shape index (κ3) is 3.09. The molecule has 0 unspecified atom stereocenters. The summed E-state index contributed by atoms with van der Waals surface area (Å²) in [7, 11) is 0. The van der Waals surface area contributed by atoms with Crippen molar-refractivity contribution in [2.45, 2.75) is 26.4 Å². The molecule has 2 aromatic rings. The zero-order chi connectivity index (χ0) is 13.8. The third-order valence-corrected chi connectivity index (χ3v) is 3.35. The highest BCUT2D eigenvalue weighted by Crippen LogP contribution is 2.34. The average Bonchev–Trinajstić information content (AvgIpc) is 2.39. The van der Waals surface area contributed by atoms with Gasteiger partial charge in [-0.3, -0.25) is 0 Å². The summed E-state index contributed by atoms with van der Waals surface area (Å²) >= 11 is 6.06. The second-order valence-electron chi connectivity index (χ2n) is 4.67. The quantitative estimate of drug-likeness (QED) is 0.873. The maximum absolute atomic E-state index is 9.39. The number of ether oxygens (including phenoxy) is 1. The van der Waals surface area contributed by atoms with Gasteiger partial charge in [0.05, 0.1) is 6.61 Å². The third-order valence-electron chi connectivity index (χ3n) is 2.99. The van der Waals surface area contributed by atoms with Crippen molar-refractivity contribution in [2.75, 3.05) is 0 Å². The Kier molecular flexibility index (Phi) is 4.46. The van der Waals surface area contributed by atoms with Crippen LogP contribution in [0.4, 0.5) is 0 Å². The Morgan fingerprint density at radius 3 is 2.42 bits per heavy atom. The van der Waals surface area contributed by atoms with Gasteiger partial charge in [-0.15, -0.1) is 0 Å². The summed E-state index contributed by atoms with van der Waals surface area (Å²) in [6.45, 7) is 4.10. The second-order valence-corrected chi connectivity index (χ2v) is 5.08. The molecule has 0 aliphatic heterocycles. The Bertz CT molecular complexity index is 564. The van der Waals surface area contributed by atoms with Crippen molar-refractivity contribution in [1.82, 2.24) is 0 Å². The molecule has 0 heterocycles. The average molecular weight is 277 g/mol. The van der Waals surface area contributed by atoms with Crippen LogP contribution in [0.2, 0.25) is 5.02 Å². The Morgan fingerprint density at radius 1 is 1.05 bits per heavy atom. The number of aliphatic hydroxyl groups is 1. The maximum atomic E-state index is 9.39. The molecule has 0 aliphatic rings. The topological polar surface area (TPSA) is 29.5 Å². The van der Waals surface area contributed by atoms with E-state index in [2.05, 4.69) is 13.8 Å². The lowest BCUT2D eigenvalue weighted by atomic mass is 10.0. The minimum Gasteiger partial charge on any atom is -0.457 e. The van der Waals surface area contributed by atoms with Gasteiger partial charge in [0.1, 0.15) is 11.5 Å². The molecule has 2 rings (SSSR count). The van der Waals surface area contributed by atoms with E-state index in [9.17, 15) is 5.11 Å². The van der Waals surface area contributed by atoms with E-state index in [-0.39, 0.29) is 6.61 Å². The SMILES string of the molecule is CC(C)c1ccccc1Oc1cccc(Cl)c1CO. The van der Waals surface area contributed by atoms with Crippen LogP contribution in [-0.4, -0.2) is 5.11 Å². The fourth-order valence-electron chi connectivity index (χ4n) is 1.96. The Morgan fingerprint density at radius 2 is 1.74 bits per heavy atom. The van der Waals surface area contributed by atoms with Gasteiger partial charge in [0.15, 0.2) is 0 Å². The molecule has 0 atom stereocenters. The zero-order valence-electron chi connectivity index (χ0n) is 11.1. The molecular weight excluding hydrogens is 260 g/mol. The first-order valence-corrected chi connectivity index (χ1v) is 6.66. The lowest BCUT2D eigenvalue weighted by Gasteiger charge is -2.15. The van der Waals surface area contributed by atoms with Gasteiger partial charge in [0, 0.05) is 10.6 Å². The van der Waals surface area contributed by atoms with E-state index in [1.165, 1.54) is 0 Å². The van der Waals surface area contributed by atoms with Crippen molar-refractivity contribution in [3.63, 3.8) is 0 Å². The van der Waals surface area contributed by atoms with Crippen LogP contribution in [0.5, 0.6) is 11.5 Å². The summed E-state index contributed by atoms with van der Waals surface area (Å²) in [5.74, 6) is 1.77. The number of aliphatic hydroxyl groups excluding tert-OH is 1. The first kappa shape index (κ1) is 13.9. The highest BCUT2D eigenvalue weighted by Gasteiger charge is 2.11. The van der Waals surface area contributed by atoms with Crippen LogP contribution in [0.15, 0.2) is 42.5 Å². The van der Waals surface area contributed by atoms with Crippen molar-refractivity contribution >= 4 is 11.6 Å². The standard InChI is InChI=1S/C16H17ClO2/c1-11(2)12-6-3-4-8-15(12)19-16-9-5-7-14(17)13(16)10-18/h3-9,11,18H,10H2,1-2H3. The summed E-state index contributed by atoms with van der Waals surface area (Å²) in [5, 5.41) is 9.91. The van der Waals surface area contributed by atoms with E-state index in [4.69, 9.17) is 16.3 Å². The molecule has 0 saturated carbocycles. The Balaban J connectivity index is 2.39. The van der Waals surface area contributed by atoms with Crippen LogP contribution in [0.1, 0.15) is 30.9 Å². The smallest absolute Gasteiger partial charge is 0.134 e. The van der Waals surface area contributed by atoms with Gasteiger partial charge in [0.2, 0.25) is 0 Å². The zero-order valence-corrected chi connectivity index (χ0v) is 11.8. The van der Waals surface area contributed by atoms with Gasteiger partial charge in [-0.25, -0.2) is 0 Å². The van der Waals surface area contributed by atoms with E-state index >= 15 is 0 Å². The number of para-hydroxylation sites is 1. The molecule has 2 aromatic carbocycles. The van der Waals surface area contributed by atoms with E-state index in [0.29, 0.717) is 22.3 Å². The van der Waals surface area contributed by atoms with Gasteiger partial charge in [-0.05, 0) is 29.7 Å². The van der Waals surface area contributed by atoms with E-state index < -0.39 is 0 Å². The summed E-state index contributed by atoms with van der Waals surface area (Å²) in [6.07, 6.45) is 0. The first-order valence-electron chi connectivity index (χ1n) is 6.28. The Hall–Kier alpha value is -1.51. The van der Waals surface area contributed by atoms with Crippen molar-refractivity contribution in [3.8, 4) is 11.5 Å². The van der Waals surface area contributed by atoms with Gasteiger partial charge < -0.3 is 9.84 Å². The largest absolute Gasteiger partial charge is 0.457 e. The van der Waals surface area contributed by atoms with Crippen LogP contribution < -0.4 is 4.74 Å². The first-order chi connectivity index (χ1) is 9.13. The van der Waals surface area contributed by atoms with Crippen molar-refractivity contribution in [3.05, 3.63) is 58.6 Å². The van der Waals surface area contributed by atoms with Gasteiger partial charge in [0.25, 0.3) is 0 Å². The van der Waals surface area contributed by atoms with Crippen LogP contribution in [0, 0.1) is 0 Å². The van der Waals surface area contributed by atoms with E-state index in [1.807, 2.05) is 36.4 Å². The molecule has 0 bridgehead atoms. The molecule has 0 amide bonds. The molecule has 0 aliphatic carbocycles. The van der Waals surface area contributed by atoms with Crippen LogP contribution in [0.3, 0.4) is 0 Å². The van der Waals surface area contributed by atoms with Crippen LogP contribution in [-0.2, 0) is 6.61 Å². The summed E-state index contributed by atoms with van der Waals surface area (Å²) in [4.78, 5) is 0. The molecule has 2 nitrogen and oxygen atoms in total. The number of rotatable bonds is 4. The highest BCUT2D eigenvalue weighted by molar-refractivity contribution is 6.31. The summed E-state index contributed by atoms with van der Waals surface area (Å²) in [5.41, 5.74) is 1.74. The second kappa shape index (κ2) is 6.09. The predicted molar refractivity (Wildman–Crippen MR) is 78.0 cm³/mol. The van der Waals surface area contributed by atoms with Crippen molar-refractivity contribution in [2.24, 2.45) is 0 Å². The summed E-state index contributed by atoms with van der Waals surface area (Å²) in [6, 6.07) is 13.3. The fraction of sp³-hybridized carbons (Fsp3) is 0.250. The molecule has 1 N–H and O–H groups in total. The van der Waals surface area contributed by atoms with Gasteiger partial charge in [-0.1, -0.05) is 49.7 Å². The number of hydrogen-bond acceptors (Lipinski definition) is 2. The molecule has 3 heteroatoms. The van der Waals surface area contributed by atoms with Crippen LogP contribution in [0.25, 0.3) is 0 Å². The van der Waals surface area contributed by atoms with Gasteiger partial charge in [-0.2, -0.15) is 0 Å². The Labute approximate surface area is 118 Å². The van der Waals surface area contributed by atoms with Gasteiger partial charge >= 0.3 is 0 Å². The molecule has 100 valence electrons. The lowest BCUT2D eigenvalue weighted by Crippen LogP contribution is -1.97. The maximum Gasteiger partial charge on any atom is 0.134 e.